The van der Waals surface area contributed by atoms with Crippen molar-refractivity contribution in [1.29, 1.82) is 0 Å². The predicted molar refractivity (Wildman–Crippen MR) is 136 cm³/mol. The number of aromatic nitrogens is 5. The van der Waals surface area contributed by atoms with Crippen LogP contribution in [0.4, 0.5) is 4.39 Å². The average molecular weight is 563 g/mol. The molecule has 1 aromatic carbocycles. The Balaban J connectivity index is 1.92. The van der Waals surface area contributed by atoms with Crippen LogP contribution in [0.25, 0.3) is 5.65 Å². The van der Waals surface area contributed by atoms with E-state index in [1.165, 1.54) is 0 Å². The van der Waals surface area contributed by atoms with E-state index in [1.54, 1.807) is 11.3 Å². The number of benzene rings is 1. The number of hydrogen-bond donors (Lipinski definition) is 0. The van der Waals surface area contributed by atoms with Crippen LogP contribution in [0.3, 0.4) is 0 Å². The van der Waals surface area contributed by atoms with Crippen LogP contribution < -0.4 is 0 Å². The molecule has 10 heteroatoms. The van der Waals surface area contributed by atoms with Crippen LogP contribution in [-0.2, 0) is 17.8 Å². The highest BCUT2D eigenvalue weighted by atomic mass is 79.9. The van der Waals surface area contributed by atoms with Gasteiger partial charge in [0, 0.05) is 23.2 Å². The van der Waals surface area contributed by atoms with E-state index in [0.717, 1.165) is 22.4 Å². The van der Waals surface area contributed by atoms with Crippen molar-refractivity contribution in [2.45, 2.75) is 52.8 Å². The lowest BCUT2D eigenvalue weighted by molar-refractivity contribution is 0.0518. The van der Waals surface area contributed by atoms with Gasteiger partial charge in [-0.3, -0.25) is 4.40 Å². The first-order chi connectivity index (χ1) is 16.7. The SMILES string of the molecule is CCOC(=O)c1nc(Br)n(C(C)C)c1C(Cc1cc(C)c2nnc(CF)n2c1)c1ccc(Cl)cc1. The van der Waals surface area contributed by atoms with Gasteiger partial charge in [0.1, 0.15) is 6.67 Å². The Morgan fingerprint density at radius 2 is 1.94 bits per heavy atom. The summed E-state index contributed by atoms with van der Waals surface area (Å²) in [6.45, 7) is 7.28. The fourth-order valence-electron chi connectivity index (χ4n) is 4.37. The summed E-state index contributed by atoms with van der Waals surface area (Å²) in [6.07, 6.45) is 2.37. The molecule has 0 saturated carbocycles. The summed E-state index contributed by atoms with van der Waals surface area (Å²) in [6, 6.07) is 9.59. The van der Waals surface area contributed by atoms with Gasteiger partial charge in [-0.1, -0.05) is 29.8 Å². The molecule has 0 aliphatic heterocycles. The summed E-state index contributed by atoms with van der Waals surface area (Å²) in [7, 11) is 0. The van der Waals surface area contributed by atoms with Crippen LogP contribution in [0, 0.1) is 6.92 Å². The van der Waals surface area contributed by atoms with Gasteiger partial charge < -0.3 is 9.30 Å². The minimum Gasteiger partial charge on any atom is -0.461 e. The molecule has 4 aromatic rings. The number of alkyl halides is 1. The van der Waals surface area contributed by atoms with Gasteiger partial charge >= 0.3 is 5.97 Å². The number of esters is 1. The second kappa shape index (κ2) is 10.5. The zero-order valence-corrected chi connectivity index (χ0v) is 22.3. The van der Waals surface area contributed by atoms with Crippen molar-refractivity contribution >= 4 is 39.1 Å². The smallest absolute Gasteiger partial charge is 0.358 e. The number of pyridine rings is 1. The van der Waals surface area contributed by atoms with Crippen LogP contribution in [-0.4, -0.2) is 36.7 Å². The molecule has 1 atom stereocenters. The standard InChI is InChI=1S/C25H26BrClFN5O2/c1-5-35-24(34)21-22(33(14(2)3)25(26)29-21)19(17-6-8-18(27)9-7-17)11-16-10-15(4)23-31-30-20(12-28)32(23)13-16/h6-10,13-14,19H,5,11-12H2,1-4H3. The Kier molecular flexibility index (Phi) is 7.56. The third-order valence-electron chi connectivity index (χ3n) is 5.87. The lowest BCUT2D eigenvalue weighted by Gasteiger charge is -2.23. The molecule has 3 aromatic heterocycles. The number of imidazole rings is 1. The first kappa shape index (κ1) is 25.3. The lowest BCUT2D eigenvalue weighted by Crippen LogP contribution is -2.18. The molecule has 0 aliphatic carbocycles. The number of ether oxygens (including phenoxy) is 1. The quantitative estimate of drug-likeness (QED) is 0.237. The molecular weight excluding hydrogens is 537 g/mol. The molecule has 0 spiro atoms. The topological polar surface area (TPSA) is 74.3 Å². The summed E-state index contributed by atoms with van der Waals surface area (Å²) < 4.78 is 23.1. The zero-order valence-electron chi connectivity index (χ0n) is 19.9. The van der Waals surface area contributed by atoms with E-state index in [9.17, 15) is 9.18 Å². The van der Waals surface area contributed by atoms with Crippen molar-refractivity contribution in [3.8, 4) is 0 Å². The molecule has 0 bridgehead atoms. The number of carbonyl (C=O) groups excluding carboxylic acids is 1. The van der Waals surface area contributed by atoms with Crippen LogP contribution in [0.2, 0.25) is 5.02 Å². The molecule has 0 radical (unpaired) electrons. The molecule has 3 heterocycles. The van der Waals surface area contributed by atoms with Crippen LogP contribution in [0.15, 0.2) is 41.3 Å². The third kappa shape index (κ3) is 4.97. The predicted octanol–water partition coefficient (Wildman–Crippen LogP) is 6.25. The molecule has 35 heavy (non-hydrogen) atoms. The summed E-state index contributed by atoms with van der Waals surface area (Å²) in [5, 5.41) is 8.69. The lowest BCUT2D eigenvalue weighted by atomic mass is 9.88. The highest BCUT2D eigenvalue weighted by Gasteiger charge is 2.31. The molecule has 0 N–H and O–H groups in total. The van der Waals surface area contributed by atoms with Crippen molar-refractivity contribution in [3.05, 3.63) is 80.2 Å². The van der Waals surface area contributed by atoms with Gasteiger partial charge in [-0.05, 0) is 78.9 Å². The van der Waals surface area contributed by atoms with Gasteiger partial charge in [-0.15, -0.1) is 10.2 Å². The van der Waals surface area contributed by atoms with Crippen LogP contribution >= 0.6 is 27.5 Å². The molecule has 0 amide bonds. The Labute approximate surface area is 216 Å². The monoisotopic (exact) mass is 561 g/mol. The molecule has 184 valence electrons. The van der Waals surface area contributed by atoms with Gasteiger partial charge in [0.2, 0.25) is 0 Å². The minimum atomic E-state index is -0.718. The van der Waals surface area contributed by atoms with E-state index >= 15 is 0 Å². The van der Waals surface area contributed by atoms with Gasteiger partial charge in [0.05, 0.1) is 12.3 Å². The maximum absolute atomic E-state index is 13.5. The largest absolute Gasteiger partial charge is 0.461 e. The number of halogens is 3. The molecule has 4 rings (SSSR count). The first-order valence-electron chi connectivity index (χ1n) is 11.3. The van der Waals surface area contributed by atoms with Crippen LogP contribution in [0.1, 0.15) is 71.4 Å². The van der Waals surface area contributed by atoms with Crippen molar-refractivity contribution < 1.29 is 13.9 Å². The molecule has 0 saturated heterocycles. The second-order valence-electron chi connectivity index (χ2n) is 8.58. The number of hydrogen-bond acceptors (Lipinski definition) is 5. The molecule has 0 aliphatic rings. The van der Waals surface area contributed by atoms with E-state index in [2.05, 4.69) is 31.1 Å². The molecule has 1 unspecified atom stereocenters. The second-order valence-corrected chi connectivity index (χ2v) is 9.73. The van der Waals surface area contributed by atoms with E-state index in [1.807, 2.05) is 61.9 Å². The van der Waals surface area contributed by atoms with Gasteiger partial charge in [0.25, 0.3) is 0 Å². The molecule has 7 nitrogen and oxygen atoms in total. The highest BCUT2D eigenvalue weighted by Crippen LogP contribution is 2.36. The number of nitrogens with zero attached hydrogens (tertiary/aromatic N) is 5. The van der Waals surface area contributed by atoms with Crippen molar-refractivity contribution in [2.75, 3.05) is 6.61 Å². The van der Waals surface area contributed by atoms with E-state index in [-0.39, 0.29) is 30.1 Å². The minimum absolute atomic E-state index is 0.0186. The maximum Gasteiger partial charge on any atom is 0.358 e. The summed E-state index contributed by atoms with van der Waals surface area (Å²) in [5.41, 5.74) is 4.40. The number of aryl methyl sites for hydroxylation is 1. The summed E-state index contributed by atoms with van der Waals surface area (Å²) in [5.74, 6) is -0.503. The van der Waals surface area contributed by atoms with E-state index in [0.29, 0.717) is 21.8 Å². The van der Waals surface area contributed by atoms with Crippen LogP contribution in [0.5, 0.6) is 0 Å². The number of carbonyl (C=O) groups is 1. The maximum atomic E-state index is 13.5. The van der Waals surface area contributed by atoms with Gasteiger partial charge in [-0.25, -0.2) is 14.2 Å². The molecular formula is C25H26BrClFN5O2. The Bertz CT molecular complexity index is 1370. The molecule has 0 fully saturated rings. The Morgan fingerprint density at radius 3 is 2.57 bits per heavy atom. The average Bonchev–Trinajstić information content (AvgIpc) is 3.39. The van der Waals surface area contributed by atoms with Crippen molar-refractivity contribution in [3.63, 3.8) is 0 Å². The van der Waals surface area contributed by atoms with Gasteiger partial charge in [-0.2, -0.15) is 0 Å². The highest BCUT2D eigenvalue weighted by molar-refractivity contribution is 9.10. The fraction of sp³-hybridized carbons (Fsp3) is 0.360. The van der Waals surface area contributed by atoms with Gasteiger partial charge in [0.15, 0.2) is 21.9 Å². The Hall–Kier alpha value is -2.78. The van der Waals surface area contributed by atoms with E-state index < -0.39 is 12.6 Å². The summed E-state index contributed by atoms with van der Waals surface area (Å²) >= 11 is 9.73. The first-order valence-corrected chi connectivity index (χ1v) is 12.5. The summed E-state index contributed by atoms with van der Waals surface area (Å²) in [4.78, 5) is 17.5. The van der Waals surface area contributed by atoms with E-state index in [4.69, 9.17) is 16.3 Å². The third-order valence-corrected chi connectivity index (χ3v) is 6.68. The zero-order chi connectivity index (χ0) is 25.3. The normalized spacial score (nSPS) is 12.5. The van der Waals surface area contributed by atoms with Crippen molar-refractivity contribution in [2.24, 2.45) is 0 Å². The fourth-order valence-corrected chi connectivity index (χ4v) is 5.27. The van der Waals surface area contributed by atoms with Crippen molar-refractivity contribution in [1.82, 2.24) is 24.1 Å². The number of fused-ring (bicyclic) bond motifs is 1. The number of rotatable bonds is 8. The Morgan fingerprint density at radius 1 is 1.23 bits per heavy atom.